The van der Waals surface area contributed by atoms with E-state index in [9.17, 15) is 9.59 Å². The monoisotopic (exact) mass is 484 g/mol. The van der Waals surface area contributed by atoms with E-state index in [1.165, 1.54) is 25.5 Å². The van der Waals surface area contributed by atoms with Crippen molar-refractivity contribution in [2.45, 2.75) is 6.61 Å². The van der Waals surface area contributed by atoms with Crippen LogP contribution in [-0.2, 0) is 11.4 Å². The van der Waals surface area contributed by atoms with Crippen LogP contribution in [0.25, 0.3) is 10.8 Å². The lowest BCUT2D eigenvalue weighted by Gasteiger charge is -2.13. The molecule has 0 radical (unpaired) electrons. The highest BCUT2D eigenvalue weighted by atomic mass is 16.5. The van der Waals surface area contributed by atoms with Crippen LogP contribution in [0.3, 0.4) is 0 Å². The van der Waals surface area contributed by atoms with Gasteiger partial charge in [-0.25, -0.2) is 10.2 Å². The summed E-state index contributed by atoms with van der Waals surface area (Å²) in [6.45, 7) is -0.00844. The topological polar surface area (TPSA) is 106 Å². The van der Waals surface area contributed by atoms with Gasteiger partial charge in [0.05, 0.1) is 18.9 Å². The highest BCUT2D eigenvalue weighted by molar-refractivity contribution is 5.89. The van der Waals surface area contributed by atoms with Gasteiger partial charge in [0.25, 0.3) is 5.91 Å². The maximum Gasteiger partial charge on any atom is 0.335 e. The molecule has 0 saturated carbocycles. The Hall–Kier alpha value is -4.85. The Morgan fingerprint density at radius 1 is 0.889 bits per heavy atom. The van der Waals surface area contributed by atoms with Gasteiger partial charge in [0, 0.05) is 10.9 Å². The summed E-state index contributed by atoms with van der Waals surface area (Å²) in [5.41, 5.74) is 4.03. The SMILES string of the molecule is COc1cccc(/C=N/NC(=O)COc2cccc3ccccc23)c1OCc1ccc(C(=O)O)cc1. The van der Waals surface area contributed by atoms with Crippen molar-refractivity contribution in [2.75, 3.05) is 13.7 Å². The fourth-order valence-corrected chi connectivity index (χ4v) is 3.52. The number of fused-ring (bicyclic) bond motifs is 1. The van der Waals surface area contributed by atoms with E-state index in [-0.39, 0.29) is 18.8 Å². The molecular weight excluding hydrogens is 460 g/mol. The van der Waals surface area contributed by atoms with Gasteiger partial charge in [-0.1, -0.05) is 54.6 Å². The number of aromatic carboxylic acids is 1. The molecule has 0 spiro atoms. The van der Waals surface area contributed by atoms with Crippen molar-refractivity contribution < 1.29 is 28.9 Å². The molecule has 2 N–H and O–H groups in total. The Bertz CT molecular complexity index is 1390. The Morgan fingerprint density at radius 2 is 1.61 bits per heavy atom. The predicted octanol–water partition coefficient (Wildman–Crippen LogP) is 4.65. The number of para-hydroxylation sites is 1. The molecule has 0 aromatic heterocycles. The first-order chi connectivity index (χ1) is 17.5. The Balaban J connectivity index is 1.38. The number of carbonyl (C=O) groups is 2. The van der Waals surface area contributed by atoms with Gasteiger partial charge in [-0.2, -0.15) is 5.10 Å². The lowest BCUT2D eigenvalue weighted by atomic mass is 10.1. The number of nitrogens with zero attached hydrogens (tertiary/aromatic N) is 1. The van der Waals surface area contributed by atoms with Gasteiger partial charge in [-0.05, 0) is 41.3 Å². The van der Waals surface area contributed by atoms with Crippen molar-refractivity contribution in [3.63, 3.8) is 0 Å². The second-order valence-corrected chi connectivity index (χ2v) is 7.73. The number of rotatable bonds is 10. The van der Waals surface area contributed by atoms with Gasteiger partial charge in [0.2, 0.25) is 0 Å². The number of methoxy groups -OCH3 is 1. The standard InChI is InChI=1S/C28H24N2O6/c1-34-25-11-5-8-22(27(25)36-17-19-12-14-21(15-13-19)28(32)33)16-29-30-26(31)18-35-24-10-4-7-20-6-2-3-9-23(20)24/h2-16H,17-18H2,1H3,(H,30,31)(H,32,33)/b29-16+. The first-order valence-electron chi connectivity index (χ1n) is 11.1. The van der Waals surface area contributed by atoms with E-state index in [0.29, 0.717) is 22.8 Å². The van der Waals surface area contributed by atoms with Gasteiger partial charge in [0.15, 0.2) is 18.1 Å². The molecule has 0 bridgehead atoms. The van der Waals surface area contributed by atoms with Crippen LogP contribution in [-0.4, -0.2) is 36.9 Å². The maximum atomic E-state index is 12.3. The molecule has 0 aliphatic heterocycles. The van der Waals surface area contributed by atoms with Crippen molar-refractivity contribution in [1.82, 2.24) is 5.43 Å². The molecule has 4 aromatic carbocycles. The molecule has 0 atom stereocenters. The zero-order chi connectivity index (χ0) is 25.3. The summed E-state index contributed by atoms with van der Waals surface area (Å²) in [6.07, 6.45) is 1.46. The molecule has 0 unspecified atom stereocenters. The first kappa shape index (κ1) is 24.3. The molecule has 0 aliphatic carbocycles. The summed E-state index contributed by atoms with van der Waals surface area (Å²) >= 11 is 0. The summed E-state index contributed by atoms with van der Waals surface area (Å²) in [6, 6.07) is 25.1. The number of nitrogens with one attached hydrogen (secondary N) is 1. The summed E-state index contributed by atoms with van der Waals surface area (Å²) < 4.78 is 17.0. The highest BCUT2D eigenvalue weighted by Gasteiger charge is 2.11. The van der Waals surface area contributed by atoms with Crippen LogP contribution >= 0.6 is 0 Å². The lowest BCUT2D eigenvalue weighted by Crippen LogP contribution is -2.24. The van der Waals surface area contributed by atoms with Crippen LogP contribution in [0.5, 0.6) is 17.2 Å². The molecule has 4 aromatic rings. The van der Waals surface area contributed by atoms with E-state index in [1.54, 1.807) is 30.3 Å². The number of amides is 1. The number of ether oxygens (including phenoxy) is 3. The van der Waals surface area contributed by atoms with Crippen LogP contribution in [0.2, 0.25) is 0 Å². The molecule has 8 heteroatoms. The zero-order valence-corrected chi connectivity index (χ0v) is 19.5. The highest BCUT2D eigenvalue weighted by Crippen LogP contribution is 2.31. The van der Waals surface area contributed by atoms with Crippen molar-refractivity contribution in [1.29, 1.82) is 0 Å². The fourth-order valence-electron chi connectivity index (χ4n) is 3.52. The maximum absolute atomic E-state index is 12.3. The van der Waals surface area contributed by atoms with Crippen LogP contribution in [0.15, 0.2) is 90.0 Å². The number of hydrogen-bond acceptors (Lipinski definition) is 6. The molecule has 0 saturated heterocycles. The van der Waals surface area contributed by atoms with Crippen LogP contribution in [0.1, 0.15) is 21.5 Å². The number of hydrogen-bond donors (Lipinski definition) is 2. The third-order valence-electron chi connectivity index (χ3n) is 5.31. The lowest BCUT2D eigenvalue weighted by molar-refractivity contribution is -0.123. The third kappa shape index (κ3) is 5.98. The van der Waals surface area contributed by atoms with Gasteiger partial charge >= 0.3 is 5.97 Å². The first-order valence-corrected chi connectivity index (χ1v) is 11.1. The molecule has 8 nitrogen and oxygen atoms in total. The average Bonchev–Trinajstić information content (AvgIpc) is 2.91. The summed E-state index contributed by atoms with van der Waals surface area (Å²) in [4.78, 5) is 23.3. The zero-order valence-electron chi connectivity index (χ0n) is 19.5. The van der Waals surface area contributed by atoms with E-state index >= 15 is 0 Å². The Kier molecular flexibility index (Phi) is 7.77. The van der Waals surface area contributed by atoms with Crippen LogP contribution < -0.4 is 19.6 Å². The van der Waals surface area contributed by atoms with Gasteiger partial charge in [-0.3, -0.25) is 4.79 Å². The molecule has 0 heterocycles. The fraction of sp³-hybridized carbons (Fsp3) is 0.107. The largest absolute Gasteiger partial charge is 0.493 e. The quantitative estimate of drug-likeness (QED) is 0.251. The van der Waals surface area contributed by atoms with Crippen molar-refractivity contribution in [2.24, 2.45) is 5.10 Å². The summed E-state index contributed by atoms with van der Waals surface area (Å²) in [5, 5.41) is 15.0. The van der Waals surface area contributed by atoms with E-state index in [0.717, 1.165) is 16.3 Å². The predicted molar refractivity (Wildman–Crippen MR) is 136 cm³/mol. The third-order valence-corrected chi connectivity index (χ3v) is 5.31. The van der Waals surface area contributed by atoms with Gasteiger partial charge < -0.3 is 19.3 Å². The second kappa shape index (κ2) is 11.5. The minimum Gasteiger partial charge on any atom is -0.493 e. The van der Waals surface area contributed by atoms with E-state index in [4.69, 9.17) is 19.3 Å². The minimum atomic E-state index is -0.990. The average molecular weight is 485 g/mol. The molecule has 1 amide bonds. The molecule has 0 aliphatic rings. The smallest absolute Gasteiger partial charge is 0.335 e. The molecular formula is C28H24N2O6. The second-order valence-electron chi connectivity index (χ2n) is 7.73. The number of carbonyl (C=O) groups excluding carboxylic acids is 1. The van der Waals surface area contributed by atoms with Crippen molar-refractivity contribution >= 4 is 28.9 Å². The molecule has 4 rings (SSSR count). The van der Waals surface area contributed by atoms with E-state index in [1.807, 2.05) is 42.5 Å². The Labute approximate surface area is 207 Å². The van der Waals surface area contributed by atoms with Gasteiger partial charge in [-0.15, -0.1) is 0 Å². The molecule has 0 fully saturated rings. The van der Waals surface area contributed by atoms with Crippen LogP contribution in [0.4, 0.5) is 0 Å². The number of benzene rings is 4. The molecule has 36 heavy (non-hydrogen) atoms. The van der Waals surface area contributed by atoms with Crippen molar-refractivity contribution in [3.05, 3.63) is 102 Å². The normalized spacial score (nSPS) is 10.8. The van der Waals surface area contributed by atoms with Crippen LogP contribution in [0, 0.1) is 0 Å². The number of hydrazone groups is 1. The van der Waals surface area contributed by atoms with Crippen molar-refractivity contribution in [3.8, 4) is 17.2 Å². The Morgan fingerprint density at radius 3 is 2.39 bits per heavy atom. The van der Waals surface area contributed by atoms with E-state index in [2.05, 4.69) is 10.5 Å². The number of carboxylic acids is 1. The minimum absolute atomic E-state index is 0.187. The summed E-state index contributed by atoms with van der Waals surface area (Å²) in [7, 11) is 1.52. The number of carboxylic acid groups (broad SMARTS) is 1. The molecule has 182 valence electrons. The summed E-state index contributed by atoms with van der Waals surface area (Å²) in [5.74, 6) is 0.143. The van der Waals surface area contributed by atoms with Gasteiger partial charge in [0.1, 0.15) is 12.4 Å². The van der Waals surface area contributed by atoms with E-state index < -0.39 is 11.9 Å².